The zero-order chi connectivity index (χ0) is 19.6. The highest BCUT2D eigenvalue weighted by Crippen LogP contribution is 2.33. The number of thiocarbonyl (C=S) groups is 1. The molecule has 2 aromatic carbocycles. The summed E-state index contributed by atoms with van der Waals surface area (Å²) in [5.41, 5.74) is 1.01. The third-order valence-electron chi connectivity index (χ3n) is 3.55. The first-order chi connectivity index (χ1) is 12.8. The number of benzene rings is 2. The maximum absolute atomic E-state index is 12.6. The number of halogens is 2. The van der Waals surface area contributed by atoms with E-state index in [2.05, 4.69) is 21.2 Å². The minimum atomic E-state index is -0.493. The lowest BCUT2D eigenvalue weighted by molar-refractivity contribution is -0.126. The second-order valence-corrected chi connectivity index (χ2v) is 8.56. The van der Waals surface area contributed by atoms with Crippen molar-refractivity contribution in [3.63, 3.8) is 0 Å². The van der Waals surface area contributed by atoms with Gasteiger partial charge in [-0.3, -0.25) is 14.5 Å². The quantitative estimate of drug-likeness (QED) is 0.376. The Morgan fingerprint density at radius 2 is 2.11 bits per heavy atom. The normalized spacial score (nSPS) is 15.5. The van der Waals surface area contributed by atoms with Crippen molar-refractivity contribution >= 4 is 79.4 Å². The van der Waals surface area contributed by atoms with Crippen LogP contribution >= 0.6 is 51.5 Å². The van der Waals surface area contributed by atoms with Crippen molar-refractivity contribution in [2.75, 3.05) is 11.9 Å². The standard InChI is InChI=1S/C18H12BrClN2O3S2/c19-11-3-1-2-10(6-11)7-15-17(25)22(18(26)27-15)9-16(24)21-13-8-12(20)4-5-14(13)23/h1-8,23H,9H2,(H,21,24). The van der Waals surface area contributed by atoms with Crippen molar-refractivity contribution < 1.29 is 14.7 Å². The summed E-state index contributed by atoms with van der Waals surface area (Å²) in [5.74, 6) is -0.948. The molecule has 0 aliphatic carbocycles. The van der Waals surface area contributed by atoms with E-state index in [-0.39, 0.29) is 23.9 Å². The number of hydrogen-bond donors (Lipinski definition) is 2. The largest absolute Gasteiger partial charge is 0.506 e. The molecule has 2 amide bonds. The van der Waals surface area contributed by atoms with Gasteiger partial charge in [0, 0.05) is 9.50 Å². The van der Waals surface area contributed by atoms with Gasteiger partial charge in [0.05, 0.1) is 10.6 Å². The lowest BCUT2D eigenvalue weighted by atomic mass is 10.2. The molecular weight excluding hydrogens is 472 g/mol. The van der Waals surface area contributed by atoms with E-state index in [4.69, 9.17) is 23.8 Å². The van der Waals surface area contributed by atoms with Crippen LogP contribution in [-0.2, 0) is 9.59 Å². The molecule has 1 heterocycles. The van der Waals surface area contributed by atoms with E-state index in [1.807, 2.05) is 24.3 Å². The van der Waals surface area contributed by atoms with Crippen molar-refractivity contribution in [1.29, 1.82) is 0 Å². The molecule has 0 saturated carbocycles. The number of phenols is 1. The first kappa shape index (κ1) is 19.9. The highest BCUT2D eigenvalue weighted by Gasteiger charge is 2.33. The molecule has 3 rings (SSSR count). The predicted molar refractivity (Wildman–Crippen MR) is 116 cm³/mol. The summed E-state index contributed by atoms with van der Waals surface area (Å²) in [5, 5.41) is 12.7. The second-order valence-electron chi connectivity index (χ2n) is 5.53. The maximum atomic E-state index is 12.6. The molecule has 27 heavy (non-hydrogen) atoms. The van der Waals surface area contributed by atoms with Crippen molar-refractivity contribution in [1.82, 2.24) is 4.90 Å². The van der Waals surface area contributed by atoms with Crippen LogP contribution in [0.3, 0.4) is 0 Å². The number of nitrogens with zero attached hydrogens (tertiary/aromatic N) is 1. The van der Waals surface area contributed by atoms with Gasteiger partial charge in [-0.2, -0.15) is 0 Å². The van der Waals surface area contributed by atoms with Gasteiger partial charge in [-0.1, -0.05) is 63.6 Å². The van der Waals surface area contributed by atoms with Crippen LogP contribution in [-0.4, -0.2) is 32.7 Å². The molecule has 0 atom stereocenters. The number of anilines is 1. The van der Waals surface area contributed by atoms with Crippen molar-refractivity contribution in [2.45, 2.75) is 0 Å². The number of carbonyl (C=O) groups is 2. The van der Waals surface area contributed by atoms with Crippen LogP contribution in [0.5, 0.6) is 5.75 Å². The van der Waals surface area contributed by atoms with E-state index < -0.39 is 5.91 Å². The van der Waals surface area contributed by atoms with E-state index >= 15 is 0 Å². The Labute approximate surface area is 178 Å². The fraction of sp³-hybridized carbons (Fsp3) is 0.0556. The molecule has 2 aromatic rings. The zero-order valence-corrected chi connectivity index (χ0v) is 17.6. The average molecular weight is 484 g/mol. The number of thioether (sulfide) groups is 1. The number of aromatic hydroxyl groups is 1. The van der Waals surface area contributed by atoms with Gasteiger partial charge in [-0.05, 0) is 42.0 Å². The smallest absolute Gasteiger partial charge is 0.266 e. The van der Waals surface area contributed by atoms with Crippen LogP contribution in [0.1, 0.15) is 5.56 Å². The van der Waals surface area contributed by atoms with Gasteiger partial charge in [-0.15, -0.1) is 0 Å². The molecule has 0 radical (unpaired) electrons. The van der Waals surface area contributed by atoms with Gasteiger partial charge in [0.25, 0.3) is 5.91 Å². The van der Waals surface area contributed by atoms with Crippen molar-refractivity contribution in [2.24, 2.45) is 0 Å². The third-order valence-corrected chi connectivity index (χ3v) is 5.66. The SMILES string of the molecule is O=C(CN1C(=O)C(=Cc2cccc(Br)c2)SC1=S)Nc1cc(Cl)ccc1O. The van der Waals surface area contributed by atoms with E-state index in [0.29, 0.717) is 14.2 Å². The Balaban J connectivity index is 1.72. The Hall–Kier alpha value is -1.87. The molecule has 2 N–H and O–H groups in total. The first-order valence-corrected chi connectivity index (χ1v) is 10.0. The summed E-state index contributed by atoms with van der Waals surface area (Å²) in [7, 11) is 0. The Kier molecular flexibility index (Phi) is 6.21. The topological polar surface area (TPSA) is 69.6 Å². The minimum absolute atomic E-state index is 0.118. The maximum Gasteiger partial charge on any atom is 0.266 e. The molecule has 5 nitrogen and oxygen atoms in total. The Morgan fingerprint density at radius 1 is 1.33 bits per heavy atom. The molecule has 1 aliphatic rings. The highest BCUT2D eigenvalue weighted by molar-refractivity contribution is 9.10. The van der Waals surface area contributed by atoms with Gasteiger partial charge in [0.1, 0.15) is 16.6 Å². The van der Waals surface area contributed by atoms with Gasteiger partial charge >= 0.3 is 0 Å². The number of nitrogens with one attached hydrogen (secondary N) is 1. The summed E-state index contributed by atoms with van der Waals surface area (Å²) >= 11 is 15.6. The van der Waals surface area contributed by atoms with E-state index in [1.54, 1.807) is 6.08 Å². The number of hydrogen-bond acceptors (Lipinski definition) is 5. The highest BCUT2D eigenvalue weighted by atomic mass is 79.9. The summed E-state index contributed by atoms with van der Waals surface area (Å²) in [6.07, 6.45) is 1.73. The van der Waals surface area contributed by atoms with Crippen molar-refractivity contribution in [3.05, 3.63) is 62.4 Å². The monoisotopic (exact) mass is 482 g/mol. The van der Waals surface area contributed by atoms with Gasteiger partial charge in [0.15, 0.2) is 0 Å². The predicted octanol–water partition coefficient (Wildman–Crippen LogP) is 4.65. The summed E-state index contributed by atoms with van der Waals surface area (Å²) < 4.78 is 1.19. The molecule has 0 unspecified atom stereocenters. The van der Waals surface area contributed by atoms with Crippen LogP contribution in [0.4, 0.5) is 5.69 Å². The second kappa shape index (κ2) is 8.43. The lowest BCUT2D eigenvalue weighted by Gasteiger charge is -2.14. The van der Waals surface area contributed by atoms with Crippen LogP contribution in [0.2, 0.25) is 5.02 Å². The van der Waals surface area contributed by atoms with E-state index in [0.717, 1.165) is 21.8 Å². The first-order valence-electron chi connectivity index (χ1n) is 7.63. The molecule has 1 saturated heterocycles. The molecule has 9 heteroatoms. The molecular formula is C18H12BrClN2O3S2. The summed E-state index contributed by atoms with van der Waals surface area (Å²) in [6, 6.07) is 11.8. The Bertz CT molecular complexity index is 981. The minimum Gasteiger partial charge on any atom is -0.506 e. The summed E-state index contributed by atoms with van der Waals surface area (Å²) in [4.78, 5) is 26.5. The van der Waals surface area contributed by atoms with E-state index in [9.17, 15) is 14.7 Å². The third kappa shape index (κ3) is 4.90. The van der Waals surface area contributed by atoms with Gasteiger partial charge < -0.3 is 10.4 Å². The van der Waals surface area contributed by atoms with Crippen molar-refractivity contribution in [3.8, 4) is 5.75 Å². The van der Waals surface area contributed by atoms with E-state index in [1.165, 1.54) is 23.1 Å². The number of amides is 2. The van der Waals surface area contributed by atoms with Crippen LogP contribution < -0.4 is 5.32 Å². The average Bonchev–Trinajstić information content (AvgIpc) is 2.86. The van der Waals surface area contributed by atoms with Crippen LogP contribution in [0.15, 0.2) is 51.8 Å². The number of carbonyl (C=O) groups excluding carboxylic acids is 2. The molecule has 0 spiro atoms. The fourth-order valence-electron chi connectivity index (χ4n) is 2.33. The summed E-state index contributed by atoms with van der Waals surface area (Å²) in [6.45, 7) is -0.257. The molecule has 1 fully saturated rings. The molecule has 0 aromatic heterocycles. The zero-order valence-electron chi connectivity index (χ0n) is 13.6. The molecule has 138 valence electrons. The number of phenolic OH excluding ortho intramolecular Hbond substituents is 1. The van der Waals surface area contributed by atoms with Gasteiger partial charge in [-0.25, -0.2) is 0 Å². The van der Waals surface area contributed by atoms with Gasteiger partial charge in [0.2, 0.25) is 5.91 Å². The Morgan fingerprint density at radius 3 is 2.85 bits per heavy atom. The fourth-order valence-corrected chi connectivity index (χ4v) is 4.17. The van der Waals surface area contributed by atoms with Crippen LogP contribution in [0, 0.1) is 0 Å². The molecule has 1 aliphatic heterocycles. The number of rotatable bonds is 4. The van der Waals surface area contributed by atoms with Crippen LogP contribution in [0.25, 0.3) is 6.08 Å². The molecule has 0 bridgehead atoms. The lowest BCUT2D eigenvalue weighted by Crippen LogP contribution is -2.36.